The fraction of sp³-hybridized carbons (Fsp3) is 0.235. The predicted octanol–water partition coefficient (Wildman–Crippen LogP) is 2.35. The standard InChI is InChI=1S/C17H18N2O4/c1-19(17(22)23-12-13-6-3-2-4-7-13)15(16(20)21)10-14-8-5-9-18-11-14/h2-9,11,15H,10,12H2,1H3,(H,20,21). The number of likely N-dealkylation sites (N-methyl/N-ethyl adjacent to an activating group) is 1. The summed E-state index contributed by atoms with van der Waals surface area (Å²) < 4.78 is 5.17. The summed E-state index contributed by atoms with van der Waals surface area (Å²) in [7, 11) is 1.42. The van der Waals surface area contributed by atoms with Crippen molar-refractivity contribution in [3.8, 4) is 0 Å². The lowest BCUT2D eigenvalue weighted by molar-refractivity contribution is -0.142. The number of rotatable bonds is 6. The summed E-state index contributed by atoms with van der Waals surface area (Å²) in [6.07, 6.45) is 2.68. The Bertz CT molecular complexity index is 646. The molecule has 120 valence electrons. The number of aromatic nitrogens is 1. The third kappa shape index (κ3) is 4.81. The summed E-state index contributed by atoms with van der Waals surface area (Å²) in [6.45, 7) is 0.100. The van der Waals surface area contributed by atoms with Crippen molar-refractivity contribution < 1.29 is 19.4 Å². The molecule has 1 heterocycles. The fourth-order valence-electron chi connectivity index (χ4n) is 2.08. The normalized spacial score (nSPS) is 11.5. The number of hydrogen-bond donors (Lipinski definition) is 1. The number of carboxylic acid groups (broad SMARTS) is 1. The van der Waals surface area contributed by atoms with E-state index in [4.69, 9.17) is 4.74 Å². The Morgan fingerprint density at radius 3 is 2.48 bits per heavy atom. The SMILES string of the molecule is CN(C(=O)OCc1ccccc1)C(Cc1cccnc1)C(=O)O. The Kier molecular flexibility index (Phi) is 5.68. The lowest BCUT2D eigenvalue weighted by Crippen LogP contribution is -2.44. The molecule has 0 saturated heterocycles. The lowest BCUT2D eigenvalue weighted by Gasteiger charge is -2.24. The van der Waals surface area contributed by atoms with Crippen LogP contribution in [0.4, 0.5) is 4.79 Å². The van der Waals surface area contributed by atoms with E-state index in [-0.39, 0.29) is 13.0 Å². The second-order valence-electron chi connectivity index (χ2n) is 5.07. The van der Waals surface area contributed by atoms with Crippen molar-refractivity contribution in [2.24, 2.45) is 0 Å². The van der Waals surface area contributed by atoms with Crippen LogP contribution in [0, 0.1) is 0 Å². The van der Waals surface area contributed by atoms with Crippen molar-refractivity contribution in [2.75, 3.05) is 7.05 Å². The Morgan fingerprint density at radius 2 is 1.87 bits per heavy atom. The summed E-state index contributed by atoms with van der Waals surface area (Å²) in [5, 5.41) is 9.37. The quantitative estimate of drug-likeness (QED) is 0.885. The first-order valence-electron chi connectivity index (χ1n) is 7.13. The van der Waals surface area contributed by atoms with E-state index in [0.717, 1.165) is 16.0 Å². The minimum Gasteiger partial charge on any atom is -0.480 e. The number of amides is 1. The van der Waals surface area contributed by atoms with Crippen molar-refractivity contribution in [1.82, 2.24) is 9.88 Å². The van der Waals surface area contributed by atoms with Gasteiger partial charge in [0.1, 0.15) is 12.6 Å². The van der Waals surface area contributed by atoms with Crippen molar-refractivity contribution in [3.63, 3.8) is 0 Å². The van der Waals surface area contributed by atoms with E-state index < -0.39 is 18.1 Å². The number of carbonyl (C=O) groups is 2. The molecule has 0 aliphatic rings. The van der Waals surface area contributed by atoms with E-state index >= 15 is 0 Å². The highest BCUT2D eigenvalue weighted by atomic mass is 16.6. The molecule has 1 atom stereocenters. The van der Waals surface area contributed by atoms with Gasteiger partial charge in [0.25, 0.3) is 0 Å². The van der Waals surface area contributed by atoms with Crippen LogP contribution in [0.2, 0.25) is 0 Å². The van der Waals surface area contributed by atoms with Gasteiger partial charge in [-0.15, -0.1) is 0 Å². The van der Waals surface area contributed by atoms with Gasteiger partial charge in [-0.3, -0.25) is 9.88 Å². The summed E-state index contributed by atoms with van der Waals surface area (Å²) in [6, 6.07) is 11.7. The van der Waals surface area contributed by atoms with Gasteiger partial charge in [0, 0.05) is 25.9 Å². The van der Waals surface area contributed by atoms with E-state index in [0.29, 0.717) is 0 Å². The molecule has 0 bridgehead atoms. The summed E-state index contributed by atoms with van der Waals surface area (Å²) in [5.74, 6) is -1.09. The molecule has 0 fully saturated rings. The highest BCUT2D eigenvalue weighted by molar-refractivity contribution is 5.80. The molecular formula is C17H18N2O4. The van der Waals surface area contributed by atoms with Crippen LogP contribution in [0.15, 0.2) is 54.9 Å². The molecule has 6 nitrogen and oxygen atoms in total. The molecule has 1 aromatic carbocycles. The minimum absolute atomic E-state index is 0.100. The second-order valence-corrected chi connectivity index (χ2v) is 5.07. The molecule has 1 amide bonds. The van der Waals surface area contributed by atoms with Crippen LogP contribution in [0.3, 0.4) is 0 Å². The number of carbonyl (C=O) groups excluding carboxylic acids is 1. The molecule has 2 rings (SSSR count). The zero-order valence-corrected chi connectivity index (χ0v) is 12.8. The molecule has 1 N–H and O–H groups in total. The Hall–Kier alpha value is -2.89. The molecule has 6 heteroatoms. The van der Waals surface area contributed by atoms with Crippen molar-refractivity contribution in [2.45, 2.75) is 19.1 Å². The Labute approximate surface area is 134 Å². The van der Waals surface area contributed by atoms with Crippen molar-refractivity contribution >= 4 is 12.1 Å². The average molecular weight is 314 g/mol. The third-order valence-corrected chi connectivity index (χ3v) is 3.40. The van der Waals surface area contributed by atoms with Crippen molar-refractivity contribution in [3.05, 3.63) is 66.0 Å². The van der Waals surface area contributed by atoms with E-state index in [1.807, 2.05) is 30.3 Å². The van der Waals surface area contributed by atoms with Crippen LogP contribution in [0.5, 0.6) is 0 Å². The van der Waals surface area contributed by atoms with Crippen LogP contribution in [-0.4, -0.2) is 40.1 Å². The highest BCUT2D eigenvalue weighted by Gasteiger charge is 2.27. The van der Waals surface area contributed by atoms with Crippen LogP contribution in [0.25, 0.3) is 0 Å². The predicted molar refractivity (Wildman–Crippen MR) is 83.8 cm³/mol. The largest absolute Gasteiger partial charge is 0.480 e. The number of ether oxygens (including phenoxy) is 1. The smallest absolute Gasteiger partial charge is 0.410 e. The van der Waals surface area contributed by atoms with E-state index in [1.165, 1.54) is 7.05 Å². The number of hydrogen-bond acceptors (Lipinski definition) is 4. The van der Waals surface area contributed by atoms with Crippen LogP contribution in [-0.2, 0) is 22.6 Å². The molecule has 0 spiro atoms. The van der Waals surface area contributed by atoms with Gasteiger partial charge in [-0.2, -0.15) is 0 Å². The first-order chi connectivity index (χ1) is 11.1. The first kappa shape index (κ1) is 16.5. The van der Waals surface area contributed by atoms with Crippen LogP contribution >= 0.6 is 0 Å². The van der Waals surface area contributed by atoms with Gasteiger partial charge in [0.15, 0.2) is 0 Å². The van der Waals surface area contributed by atoms with Gasteiger partial charge in [0.2, 0.25) is 0 Å². The number of pyridine rings is 1. The molecule has 0 aliphatic carbocycles. The molecular weight excluding hydrogens is 296 g/mol. The lowest BCUT2D eigenvalue weighted by atomic mass is 10.1. The maximum absolute atomic E-state index is 12.1. The summed E-state index contributed by atoms with van der Waals surface area (Å²) in [5.41, 5.74) is 1.58. The Balaban J connectivity index is 1.98. The van der Waals surface area contributed by atoms with Crippen LogP contribution < -0.4 is 0 Å². The minimum atomic E-state index is -1.09. The van der Waals surface area contributed by atoms with Gasteiger partial charge in [-0.1, -0.05) is 36.4 Å². The average Bonchev–Trinajstić information content (AvgIpc) is 2.58. The van der Waals surface area contributed by atoms with Gasteiger partial charge in [-0.25, -0.2) is 9.59 Å². The number of benzene rings is 1. The molecule has 2 aromatic rings. The zero-order chi connectivity index (χ0) is 16.7. The maximum Gasteiger partial charge on any atom is 0.410 e. The third-order valence-electron chi connectivity index (χ3n) is 3.40. The fourth-order valence-corrected chi connectivity index (χ4v) is 2.08. The monoisotopic (exact) mass is 314 g/mol. The maximum atomic E-state index is 12.1. The molecule has 1 unspecified atom stereocenters. The number of nitrogens with zero attached hydrogens (tertiary/aromatic N) is 2. The highest BCUT2D eigenvalue weighted by Crippen LogP contribution is 2.10. The topological polar surface area (TPSA) is 79.7 Å². The molecule has 0 radical (unpaired) electrons. The molecule has 0 aliphatic heterocycles. The van der Waals surface area contributed by atoms with E-state index in [9.17, 15) is 14.7 Å². The van der Waals surface area contributed by atoms with Gasteiger partial charge < -0.3 is 9.84 Å². The second kappa shape index (κ2) is 7.93. The number of aliphatic carboxylic acids is 1. The Morgan fingerprint density at radius 1 is 1.17 bits per heavy atom. The number of carboxylic acids is 1. The molecule has 0 saturated carbocycles. The molecule has 1 aromatic heterocycles. The van der Waals surface area contributed by atoms with Gasteiger partial charge >= 0.3 is 12.1 Å². The van der Waals surface area contributed by atoms with Gasteiger partial charge in [0.05, 0.1) is 0 Å². The van der Waals surface area contributed by atoms with Gasteiger partial charge in [-0.05, 0) is 17.2 Å². The summed E-state index contributed by atoms with van der Waals surface area (Å²) >= 11 is 0. The van der Waals surface area contributed by atoms with E-state index in [1.54, 1.807) is 24.5 Å². The zero-order valence-electron chi connectivity index (χ0n) is 12.8. The van der Waals surface area contributed by atoms with Crippen LogP contribution in [0.1, 0.15) is 11.1 Å². The first-order valence-corrected chi connectivity index (χ1v) is 7.13. The van der Waals surface area contributed by atoms with E-state index in [2.05, 4.69) is 4.98 Å². The van der Waals surface area contributed by atoms with Crippen molar-refractivity contribution in [1.29, 1.82) is 0 Å². The molecule has 23 heavy (non-hydrogen) atoms. The summed E-state index contributed by atoms with van der Waals surface area (Å²) in [4.78, 5) is 28.6.